The van der Waals surface area contributed by atoms with E-state index in [-0.39, 0.29) is 22.2 Å². The third-order valence-electron chi connectivity index (χ3n) is 4.40. The van der Waals surface area contributed by atoms with Crippen molar-refractivity contribution in [2.24, 2.45) is 0 Å². The van der Waals surface area contributed by atoms with Crippen LogP contribution in [0.25, 0.3) is 11.4 Å². The third-order valence-corrected chi connectivity index (χ3v) is 4.72. The fourth-order valence-corrected chi connectivity index (χ4v) is 3.06. The molecule has 0 amide bonds. The molecule has 0 saturated carbocycles. The van der Waals surface area contributed by atoms with E-state index in [9.17, 15) is 14.9 Å². The highest BCUT2D eigenvalue weighted by molar-refractivity contribution is 6.32. The molecule has 2 aromatic heterocycles. The number of benzene rings is 2. The number of halogens is 1. The summed E-state index contributed by atoms with van der Waals surface area (Å²) in [6.45, 7) is 0.403. The number of anilines is 1. The van der Waals surface area contributed by atoms with Crippen LogP contribution in [0.15, 0.2) is 73.1 Å². The van der Waals surface area contributed by atoms with Gasteiger partial charge in [0.05, 0.1) is 4.92 Å². The van der Waals surface area contributed by atoms with Crippen LogP contribution in [0, 0.1) is 10.1 Å². The average molecular weight is 435 g/mol. The highest BCUT2D eigenvalue weighted by Crippen LogP contribution is 2.26. The van der Waals surface area contributed by atoms with Gasteiger partial charge in [0.15, 0.2) is 5.82 Å². The lowest BCUT2D eigenvalue weighted by atomic mass is 10.2. The van der Waals surface area contributed by atoms with E-state index < -0.39 is 10.8 Å². The molecule has 4 rings (SSSR count). The SMILES string of the molecule is O=C(c1ccc(Cl)c([N+](=O)[O-])c1)n1nc(-c2cccnc2)nc1NCc1ccccc1. The number of nitrogens with zero attached hydrogens (tertiary/aromatic N) is 5. The monoisotopic (exact) mass is 434 g/mol. The molecule has 9 nitrogen and oxygen atoms in total. The Morgan fingerprint density at radius 2 is 1.94 bits per heavy atom. The highest BCUT2D eigenvalue weighted by Gasteiger charge is 2.22. The Kier molecular flexibility index (Phi) is 5.67. The summed E-state index contributed by atoms with van der Waals surface area (Å²) in [6, 6.07) is 16.9. The Balaban J connectivity index is 1.72. The number of aromatic nitrogens is 4. The zero-order valence-corrected chi connectivity index (χ0v) is 16.7. The molecule has 0 bridgehead atoms. The molecule has 2 heterocycles. The van der Waals surface area contributed by atoms with E-state index in [1.807, 2.05) is 30.3 Å². The number of carbonyl (C=O) groups excluding carboxylic acids is 1. The topological polar surface area (TPSA) is 116 Å². The predicted molar refractivity (Wildman–Crippen MR) is 115 cm³/mol. The smallest absolute Gasteiger partial charge is 0.288 e. The van der Waals surface area contributed by atoms with E-state index in [4.69, 9.17) is 11.6 Å². The molecule has 0 aliphatic rings. The molecule has 0 aliphatic heterocycles. The minimum atomic E-state index is -0.643. The molecular weight excluding hydrogens is 420 g/mol. The van der Waals surface area contributed by atoms with Crippen molar-refractivity contribution in [3.05, 3.63) is 99.3 Å². The number of nitrogens with one attached hydrogen (secondary N) is 1. The normalized spacial score (nSPS) is 10.6. The number of hydrogen-bond acceptors (Lipinski definition) is 7. The first-order valence-electron chi connectivity index (χ1n) is 9.17. The largest absolute Gasteiger partial charge is 0.350 e. The van der Waals surface area contributed by atoms with Crippen LogP contribution in [-0.4, -0.2) is 30.6 Å². The number of carbonyl (C=O) groups is 1. The van der Waals surface area contributed by atoms with Gasteiger partial charge in [-0.05, 0) is 29.8 Å². The van der Waals surface area contributed by atoms with Crippen LogP contribution in [-0.2, 0) is 6.54 Å². The summed E-state index contributed by atoms with van der Waals surface area (Å²) in [4.78, 5) is 32.2. The van der Waals surface area contributed by atoms with Crippen LogP contribution in [0.2, 0.25) is 5.02 Å². The standard InChI is InChI=1S/C21H15ClN6O3/c22-17-9-8-15(11-18(17)28(30)31)20(29)27-21(24-12-14-5-2-1-3-6-14)25-19(26-27)16-7-4-10-23-13-16/h1-11,13H,12H2,(H,24,25,26). The maximum Gasteiger partial charge on any atom is 0.288 e. The van der Waals surface area contributed by atoms with Crippen LogP contribution < -0.4 is 5.32 Å². The van der Waals surface area contributed by atoms with Crippen LogP contribution in [0.4, 0.5) is 11.6 Å². The Morgan fingerprint density at radius 1 is 1.13 bits per heavy atom. The van der Waals surface area contributed by atoms with Gasteiger partial charge in [0.1, 0.15) is 5.02 Å². The molecule has 0 unspecified atom stereocenters. The molecule has 0 fully saturated rings. The summed E-state index contributed by atoms with van der Waals surface area (Å²) in [6.07, 6.45) is 3.20. The molecule has 0 aliphatic carbocycles. The van der Waals surface area contributed by atoms with Crippen LogP contribution in [0.3, 0.4) is 0 Å². The van der Waals surface area contributed by atoms with E-state index >= 15 is 0 Å². The molecule has 4 aromatic rings. The average Bonchev–Trinajstić information content (AvgIpc) is 3.23. The quantitative estimate of drug-likeness (QED) is 0.357. The van der Waals surface area contributed by atoms with Crippen molar-refractivity contribution in [3.8, 4) is 11.4 Å². The third kappa shape index (κ3) is 4.41. The van der Waals surface area contributed by atoms with Gasteiger partial charge < -0.3 is 5.32 Å². The predicted octanol–water partition coefficient (Wildman–Crippen LogP) is 4.20. The lowest BCUT2D eigenvalue weighted by Crippen LogP contribution is -2.17. The van der Waals surface area contributed by atoms with Gasteiger partial charge in [-0.25, -0.2) is 0 Å². The first kappa shape index (κ1) is 20.2. The van der Waals surface area contributed by atoms with Gasteiger partial charge in [0.25, 0.3) is 11.6 Å². The maximum atomic E-state index is 13.1. The van der Waals surface area contributed by atoms with Crippen LogP contribution in [0.1, 0.15) is 15.9 Å². The van der Waals surface area contributed by atoms with Gasteiger partial charge in [-0.2, -0.15) is 9.67 Å². The molecule has 0 saturated heterocycles. The second-order valence-electron chi connectivity index (χ2n) is 6.48. The molecule has 0 atom stereocenters. The highest BCUT2D eigenvalue weighted by atomic mass is 35.5. The first-order chi connectivity index (χ1) is 15.0. The molecule has 10 heteroatoms. The fourth-order valence-electron chi connectivity index (χ4n) is 2.87. The molecule has 2 aromatic carbocycles. The van der Waals surface area contributed by atoms with E-state index in [1.54, 1.807) is 24.5 Å². The van der Waals surface area contributed by atoms with Gasteiger partial charge in [0, 0.05) is 36.1 Å². The Bertz CT molecular complexity index is 1240. The van der Waals surface area contributed by atoms with E-state index in [0.717, 1.165) is 16.3 Å². The summed E-state index contributed by atoms with van der Waals surface area (Å²) < 4.78 is 1.08. The molecule has 154 valence electrons. The van der Waals surface area contributed by atoms with Crippen molar-refractivity contribution in [2.75, 3.05) is 5.32 Å². The fraction of sp³-hybridized carbons (Fsp3) is 0.0476. The van der Waals surface area contributed by atoms with Gasteiger partial charge in [0.2, 0.25) is 5.95 Å². The lowest BCUT2D eigenvalue weighted by molar-refractivity contribution is -0.384. The summed E-state index contributed by atoms with van der Waals surface area (Å²) in [7, 11) is 0. The summed E-state index contributed by atoms with van der Waals surface area (Å²) in [5, 5.41) is 18.6. The molecule has 0 radical (unpaired) electrons. The lowest BCUT2D eigenvalue weighted by Gasteiger charge is -2.07. The molecule has 1 N–H and O–H groups in total. The zero-order chi connectivity index (χ0) is 21.8. The van der Waals surface area contributed by atoms with Gasteiger partial charge >= 0.3 is 0 Å². The molecule has 31 heavy (non-hydrogen) atoms. The number of rotatable bonds is 6. The number of hydrogen-bond donors (Lipinski definition) is 1. The second-order valence-corrected chi connectivity index (χ2v) is 6.89. The van der Waals surface area contributed by atoms with Crippen molar-refractivity contribution >= 4 is 29.1 Å². The van der Waals surface area contributed by atoms with Crippen molar-refractivity contribution < 1.29 is 9.72 Å². The van der Waals surface area contributed by atoms with E-state index in [2.05, 4.69) is 20.4 Å². The maximum absolute atomic E-state index is 13.1. The Hall–Kier alpha value is -4.11. The Morgan fingerprint density at radius 3 is 2.65 bits per heavy atom. The minimum absolute atomic E-state index is 0.0568. The van der Waals surface area contributed by atoms with Crippen LogP contribution >= 0.6 is 11.6 Å². The number of nitro groups is 1. The van der Waals surface area contributed by atoms with Gasteiger partial charge in [-0.15, -0.1) is 5.10 Å². The molecular formula is C21H15ClN6O3. The van der Waals surface area contributed by atoms with E-state index in [0.29, 0.717) is 17.9 Å². The van der Waals surface area contributed by atoms with Crippen molar-refractivity contribution in [1.82, 2.24) is 19.7 Å². The number of nitro benzene ring substituents is 1. The number of pyridine rings is 1. The Labute approximate surface area is 181 Å². The summed E-state index contributed by atoms with van der Waals surface area (Å²) in [5.74, 6) is -0.0937. The van der Waals surface area contributed by atoms with Crippen molar-refractivity contribution in [1.29, 1.82) is 0 Å². The summed E-state index contributed by atoms with van der Waals surface area (Å²) >= 11 is 5.87. The minimum Gasteiger partial charge on any atom is -0.350 e. The van der Waals surface area contributed by atoms with Crippen LogP contribution in [0.5, 0.6) is 0 Å². The van der Waals surface area contributed by atoms with Gasteiger partial charge in [-0.3, -0.25) is 19.9 Å². The van der Waals surface area contributed by atoms with Crippen molar-refractivity contribution in [2.45, 2.75) is 6.54 Å². The second kappa shape index (κ2) is 8.72. The van der Waals surface area contributed by atoms with E-state index in [1.165, 1.54) is 12.1 Å². The van der Waals surface area contributed by atoms with Crippen molar-refractivity contribution in [3.63, 3.8) is 0 Å². The zero-order valence-electron chi connectivity index (χ0n) is 16.0. The first-order valence-corrected chi connectivity index (χ1v) is 9.54. The summed E-state index contributed by atoms with van der Waals surface area (Å²) in [5.41, 5.74) is 1.30. The van der Waals surface area contributed by atoms with Gasteiger partial charge in [-0.1, -0.05) is 41.9 Å². The molecule has 0 spiro atoms.